The summed E-state index contributed by atoms with van der Waals surface area (Å²) in [5.74, 6) is -1.74. The molecule has 2 saturated heterocycles. The summed E-state index contributed by atoms with van der Waals surface area (Å²) in [5.41, 5.74) is 0.835. The molecule has 2 aromatic carbocycles. The van der Waals surface area contributed by atoms with Crippen LogP contribution in [0.3, 0.4) is 0 Å². The van der Waals surface area contributed by atoms with Gasteiger partial charge in [0.05, 0.1) is 18.6 Å². The second-order valence-corrected chi connectivity index (χ2v) is 7.83. The lowest BCUT2D eigenvalue weighted by Crippen LogP contribution is -2.40. The lowest BCUT2D eigenvalue weighted by atomic mass is 9.77. The average molecular weight is 396 g/mol. The molecule has 6 heteroatoms. The Kier molecular flexibility index (Phi) is 4.03. The van der Waals surface area contributed by atoms with Gasteiger partial charge in [0.2, 0.25) is 5.91 Å². The first-order valence-electron chi connectivity index (χ1n) is 9.22. The first-order chi connectivity index (χ1) is 13.6. The Morgan fingerprint density at radius 1 is 1.21 bits per heavy atom. The molecule has 2 bridgehead atoms. The van der Waals surface area contributed by atoms with E-state index < -0.39 is 29.5 Å². The van der Waals surface area contributed by atoms with E-state index >= 15 is 0 Å². The Morgan fingerprint density at radius 3 is 2.82 bits per heavy atom. The molecule has 1 spiro atoms. The SMILES string of the molecule is O=C(OCc1ccccc1)C1C2C=CC3(CN(c4cccc(Cl)c4)C(=O)C13)O2. The van der Waals surface area contributed by atoms with Crippen LogP contribution < -0.4 is 4.90 Å². The zero-order valence-electron chi connectivity index (χ0n) is 15.0. The zero-order valence-corrected chi connectivity index (χ0v) is 15.7. The molecule has 5 nitrogen and oxygen atoms in total. The fourth-order valence-corrected chi connectivity index (χ4v) is 4.64. The molecule has 3 aliphatic rings. The molecule has 4 unspecified atom stereocenters. The number of carbonyl (C=O) groups is 2. The molecule has 3 aliphatic heterocycles. The highest BCUT2D eigenvalue weighted by atomic mass is 35.5. The molecule has 0 radical (unpaired) electrons. The van der Waals surface area contributed by atoms with Gasteiger partial charge in [-0.2, -0.15) is 0 Å². The Hall–Kier alpha value is -2.63. The van der Waals surface area contributed by atoms with Crippen LogP contribution in [0.15, 0.2) is 66.7 Å². The number of amides is 1. The van der Waals surface area contributed by atoms with Crippen LogP contribution in [-0.4, -0.2) is 30.1 Å². The van der Waals surface area contributed by atoms with Crippen LogP contribution >= 0.6 is 11.6 Å². The highest BCUT2D eigenvalue weighted by Gasteiger charge is 2.67. The molecular formula is C22H18ClNO4. The zero-order chi connectivity index (χ0) is 19.3. The van der Waals surface area contributed by atoms with E-state index in [1.165, 1.54) is 0 Å². The largest absolute Gasteiger partial charge is 0.460 e. The maximum absolute atomic E-state index is 13.2. The number of fused-ring (bicyclic) bond motifs is 1. The quantitative estimate of drug-likeness (QED) is 0.588. The van der Waals surface area contributed by atoms with Gasteiger partial charge in [0.25, 0.3) is 0 Å². The summed E-state index contributed by atoms with van der Waals surface area (Å²) in [5, 5.41) is 0.555. The molecule has 5 rings (SSSR count). The minimum atomic E-state index is -0.777. The molecule has 1 amide bonds. The van der Waals surface area contributed by atoms with Crippen LogP contribution in [0.1, 0.15) is 5.56 Å². The molecule has 4 atom stereocenters. The predicted molar refractivity (Wildman–Crippen MR) is 104 cm³/mol. The molecule has 2 aromatic rings. The molecule has 0 aromatic heterocycles. The summed E-state index contributed by atoms with van der Waals surface area (Å²) >= 11 is 6.09. The van der Waals surface area contributed by atoms with Crippen LogP contribution in [0.2, 0.25) is 5.02 Å². The number of esters is 1. The Bertz CT molecular complexity index is 976. The topological polar surface area (TPSA) is 55.8 Å². The van der Waals surface area contributed by atoms with Crippen molar-refractivity contribution in [1.82, 2.24) is 0 Å². The summed E-state index contributed by atoms with van der Waals surface area (Å²) in [6, 6.07) is 16.6. The molecule has 0 N–H and O–H groups in total. The summed E-state index contributed by atoms with van der Waals surface area (Å²) in [6.45, 7) is 0.546. The minimum absolute atomic E-state index is 0.129. The maximum Gasteiger partial charge on any atom is 0.313 e. The maximum atomic E-state index is 13.2. The third kappa shape index (κ3) is 2.65. The predicted octanol–water partition coefficient (Wildman–Crippen LogP) is 3.37. The third-order valence-corrected chi connectivity index (χ3v) is 5.95. The number of nitrogens with zero attached hydrogens (tertiary/aromatic N) is 1. The van der Waals surface area contributed by atoms with Gasteiger partial charge < -0.3 is 14.4 Å². The van der Waals surface area contributed by atoms with Gasteiger partial charge in [-0.25, -0.2) is 0 Å². The van der Waals surface area contributed by atoms with Crippen molar-refractivity contribution >= 4 is 29.2 Å². The molecule has 2 fully saturated rings. The van der Waals surface area contributed by atoms with Crippen molar-refractivity contribution in [2.24, 2.45) is 11.8 Å². The number of halogens is 1. The van der Waals surface area contributed by atoms with Gasteiger partial charge in [0.15, 0.2) is 0 Å². The number of rotatable bonds is 4. The number of carbonyl (C=O) groups excluding carboxylic acids is 2. The first kappa shape index (κ1) is 17.5. The van der Waals surface area contributed by atoms with Gasteiger partial charge in [-0.3, -0.25) is 9.59 Å². The van der Waals surface area contributed by atoms with Crippen molar-refractivity contribution in [3.05, 3.63) is 77.3 Å². The van der Waals surface area contributed by atoms with Crippen molar-refractivity contribution in [1.29, 1.82) is 0 Å². The highest BCUT2D eigenvalue weighted by molar-refractivity contribution is 6.31. The van der Waals surface area contributed by atoms with Gasteiger partial charge >= 0.3 is 5.97 Å². The average Bonchev–Trinajstić information content (AvgIpc) is 3.35. The second-order valence-electron chi connectivity index (χ2n) is 7.40. The monoisotopic (exact) mass is 395 g/mol. The van der Waals surface area contributed by atoms with E-state index in [4.69, 9.17) is 21.1 Å². The van der Waals surface area contributed by atoms with Gasteiger partial charge in [-0.1, -0.05) is 60.2 Å². The summed E-state index contributed by atoms with van der Waals surface area (Å²) < 4.78 is 11.6. The molecule has 0 saturated carbocycles. The number of hydrogen-bond acceptors (Lipinski definition) is 4. The normalized spacial score (nSPS) is 30.0. The van der Waals surface area contributed by atoms with Crippen LogP contribution in [0, 0.1) is 11.8 Å². The Balaban J connectivity index is 1.39. The molecule has 142 valence electrons. The number of benzene rings is 2. The van der Waals surface area contributed by atoms with Crippen LogP contribution in [0.4, 0.5) is 5.69 Å². The lowest BCUT2D eigenvalue weighted by Gasteiger charge is -2.22. The van der Waals surface area contributed by atoms with Crippen molar-refractivity contribution in [2.75, 3.05) is 11.4 Å². The molecule has 3 heterocycles. The van der Waals surface area contributed by atoms with E-state index in [2.05, 4.69) is 0 Å². The Labute approximate surface area is 167 Å². The van der Waals surface area contributed by atoms with Crippen LogP contribution in [0.25, 0.3) is 0 Å². The van der Waals surface area contributed by atoms with Crippen LogP contribution in [0.5, 0.6) is 0 Å². The minimum Gasteiger partial charge on any atom is -0.460 e. The lowest BCUT2D eigenvalue weighted by molar-refractivity contribution is -0.153. The molecular weight excluding hydrogens is 378 g/mol. The van der Waals surface area contributed by atoms with E-state index in [1.807, 2.05) is 48.6 Å². The van der Waals surface area contributed by atoms with Gasteiger partial charge in [0, 0.05) is 10.7 Å². The smallest absolute Gasteiger partial charge is 0.313 e. The number of hydrogen-bond donors (Lipinski definition) is 0. The first-order valence-corrected chi connectivity index (χ1v) is 9.60. The standard InChI is InChI=1S/C22H18ClNO4/c23-15-7-4-8-16(11-15)24-13-22-10-9-17(28-22)18(19(22)20(24)25)21(26)27-12-14-5-2-1-3-6-14/h1-11,17-19H,12-13H2. The van der Waals surface area contributed by atoms with E-state index in [0.717, 1.165) is 5.56 Å². The van der Waals surface area contributed by atoms with E-state index in [0.29, 0.717) is 17.3 Å². The second kappa shape index (κ2) is 6.47. The van der Waals surface area contributed by atoms with Crippen molar-refractivity contribution in [2.45, 2.75) is 18.3 Å². The summed E-state index contributed by atoms with van der Waals surface area (Å²) in [7, 11) is 0. The highest BCUT2D eigenvalue weighted by Crippen LogP contribution is 2.53. The molecule has 0 aliphatic carbocycles. The van der Waals surface area contributed by atoms with Gasteiger partial charge in [-0.05, 0) is 23.8 Å². The van der Waals surface area contributed by atoms with Gasteiger partial charge in [-0.15, -0.1) is 0 Å². The van der Waals surface area contributed by atoms with E-state index in [9.17, 15) is 9.59 Å². The fourth-order valence-electron chi connectivity index (χ4n) is 4.45. The van der Waals surface area contributed by atoms with Crippen molar-refractivity contribution in [3.8, 4) is 0 Å². The van der Waals surface area contributed by atoms with Crippen molar-refractivity contribution < 1.29 is 19.1 Å². The number of anilines is 1. The van der Waals surface area contributed by atoms with E-state index in [1.54, 1.807) is 23.1 Å². The summed E-state index contributed by atoms with van der Waals surface area (Å²) in [4.78, 5) is 27.7. The van der Waals surface area contributed by atoms with E-state index in [-0.39, 0.29) is 12.5 Å². The van der Waals surface area contributed by atoms with Crippen LogP contribution in [-0.2, 0) is 25.7 Å². The number of ether oxygens (including phenoxy) is 2. The third-order valence-electron chi connectivity index (χ3n) is 5.72. The fraction of sp³-hybridized carbons (Fsp3) is 0.273. The Morgan fingerprint density at radius 2 is 2.04 bits per heavy atom. The van der Waals surface area contributed by atoms with Gasteiger partial charge in [0.1, 0.15) is 18.1 Å². The molecule has 28 heavy (non-hydrogen) atoms. The van der Waals surface area contributed by atoms with Crippen molar-refractivity contribution in [3.63, 3.8) is 0 Å². The summed E-state index contributed by atoms with van der Waals surface area (Å²) in [6.07, 6.45) is 3.38.